The van der Waals surface area contributed by atoms with E-state index in [0.717, 1.165) is 25.7 Å². The molecule has 5 heteroatoms. The number of esters is 1. The molecule has 0 atom stereocenters. The molecule has 0 aromatic rings. The number of hydrogen-bond donors (Lipinski definition) is 2. The second kappa shape index (κ2) is 6.59. The lowest BCUT2D eigenvalue weighted by molar-refractivity contribution is -0.141. The molecule has 17 heavy (non-hydrogen) atoms. The molecule has 0 unspecified atom stereocenters. The van der Waals surface area contributed by atoms with Crippen LogP contribution >= 0.6 is 0 Å². The third-order valence-electron chi connectivity index (χ3n) is 3.54. The molecule has 5 nitrogen and oxygen atoms in total. The molecule has 0 spiro atoms. The van der Waals surface area contributed by atoms with Gasteiger partial charge in [0.2, 0.25) is 5.91 Å². The topological polar surface area (TPSA) is 81.4 Å². The minimum absolute atomic E-state index is 0.0571. The molecule has 0 radical (unpaired) electrons. The van der Waals surface area contributed by atoms with Crippen molar-refractivity contribution < 1.29 is 14.3 Å². The van der Waals surface area contributed by atoms with E-state index in [1.807, 2.05) is 0 Å². The molecule has 0 saturated heterocycles. The molecule has 1 amide bonds. The van der Waals surface area contributed by atoms with Gasteiger partial charge in [-0.25, -0.2) is 0 Å². The number of methoxy groups -OCH3 is 1. The minimum atomic E-state index is -0.427. The van der Waals surface area contributed by atoms with Crippen LogP contribution in [0.3, 0.4) is 0 Å². The fourth-order valence-corrected chi connectivity index (χ4v) is 2.40. The Morgan fingerprint density at radius 3 is 2.47 bits per heavy atom. The van der Waals surface area contributed by atoms with Gasteiger partial charge in [0.1, 0.15) is 6.54 Å². The third-order valence-corrected chi connectivity index (χ3v) is 3.54. The number of amides is 1. The van der Waals surface area contributed by atoms with E-state index in [2.05, 4.69) is 10.1 Å². The molecule has 0 heterocycles. The van der Waals surface area contributed by atoms with Crippen LogP contribution in [0.2, 0.25) is 0 Å². The van der Waals surface area contributed by atoms with Crippen LogP contribution in [-0.2, 0) is 14.3 Å². The van der Waals surface area contributed by atoms with Gasteiger partial charge in [0.05, 0.1) is 7.11 Å². The summed E-state index contributed by atoms with van der Waals surface area (Å²) >= 11 is 0. The molecule has 0 aliphatic heterocycles. The van der Waals surface area contributed by atoms with Gasteiger partial charge in [-0.2, -0.15) is 0 Å². The first kappa shape index (κ1) is 14.0. The Morgan fingerprint density at radius 2 is 1.94 bits per heavy atom. The molecule has 1 fully saturated rings. The van der Waals surface area contributed by atoms with Gasteiger partial charge < -0.3 is 15.8 Å². The second-order valence-electron chi connectivity index (χ2n) is 4.79. The summed E-state index contributed by atoms with van der Waals surface area (Å²) < 4.78 is 4.46. The van der Waals surface area contributed by atoms with Crippen molar-refractivity contribution >= 4 is 11.9 Å². The molecule has 3 N–H and O–H groups in total. The number of carbonyl (C=O) groups excluding carboxylic acids is 2. The second-order valence-corrected chi connectivity index (χ2v) is 4.79. The average Bonchev–Trinajstić information content (AvgIpc) is 2.37. The van der Waals surface area contributed by atoms with E-state index >= 15 is 0 Å². The summed E-state index contributed by atoms with van der Waals surface area (Å²) in [6.07, 6.45) is 5.94. The standard InChI is InChI=1S/C12H22N2O3/c1-17-11(16)8-14-10(15)7-12(9-13)5-3-2-4-6-12/h2-9,13H2,1H3,(H,14,15). The summed E-state index contributed by atoms with van der Waals surface area (Å²) in [5, 5.41) is 2.57. The van der Waals surface area contributed by atoms with Crippen molar-refractivity contribution in [3.05, 3.63) is 0 Å². The van der Waals surface area contributed by atoms with Gasteiger partial charge in [0.15, 0.2) is 0 Å². The van der Waals surface area contributed by atoms with Crippen LogP contribution < -0.4 is 11.1 Å². The van der Waals surface area contributed by atoms with E-state index in [0.29, 0.717) is 13.0 Å². The zero-order valence-corrected chi connectivity index (χ0v) is 10.5. The van der Waals surface area contributed by atoms with Gasteiger partial charge in [-0.3, -0.25) is 9.59 Å². The first-order chi connectivity index (χ1) is 8.12. The van der Waals surface area contributed by atoms with Crippen molar-refractivity contribution in [3.63, 3.8) is 0 Å². The summed E-state index contributed by atoms with van der Waals surface area (Å²) in [7, 11) is 1.30. The van der Waals surface area contributed by atoms with Crippen molar-refractivity contribution in [3.8, 4) is 0 Å². The van der Waals surface area contributed by atoms with Crippen LogP contribution in [0.5, 0.6) is 0 Å². The van der Waals surface area contributed by atoms with Crippen molar-refractivity contribution in [2.24, 2.45) is 11.1 Å². The van der Waals surface area contributed by atoms with Gasteiger partial charge in [0.25, 0.3) is 0 Å². The molecule has 98 valence electrons. The monoisotopic (exact) mass is 242 g/mol. The highest BCUT2D eigenvalue weighted by Gasteiger charge is 2.32. The highest BCUT2D eigenvalue weighted by atomic mass is 16.5. The van der Waals surface area contributed by atoms with Crippen LogP contribution in [0, 0.1) is 5.41 Å². The summed E-state index contributed by atoms with van der Waals surface area (Å²) in [5.41, 5.74) is 5.74. The Kier molecular flexibility index (Phi) is 5.41. The zero-order chi connectivity index (χ0) is 12.7. The molecule has 0 aromatic carbocycles. The summed E-state index contributed by atoms with van der Waals surface area (Å²) in [6.45, 7) is 0.481. The quantitative estimate of drug-likeness (QED) is 0.691. The molecule has 0 bridgehead atoms. The summed E-state index contributed by atoms with van der Waals surface area (Å²) in [5.74, 6) is -0.536. The SMILES string of the molecule is COC(=O)CNC(=O)CC1(CN)CCCCC1. The highest BCUT2D eigenvalue weighted by Crippen LogP contribution is 2.38. The van der Waals surface area contributed by atoms with E-state index in [1.54, 1.807) is 0 Å². The average molecular weight is 242 g/mol. The van der Waals surface area contributed by atoms with Gasteiger partial charge in [-0.1, -0.05) is 19.3 Å². The van der Waals surface area contributed by atoms with E-state index in [-0.39, 0.29) is 17.9 Å². The van der Waals surface area contributed by atoms with E-state index in [9.17, 15) is 9.59 Å². The summed E-state index contributed by atoms with van der Waals surface area (Å²) in [6, 6.07) is 0. The Hall–Kier alpha value is -1.10. The van der Waals surface area contributed by atoms with Gasteiger partial charge in [0, 0.05) is 6.42 Å². The highest BCUT2D eigenvalue weighted by molar-refractivity contribution is 5.82. The van der Waals surface area contributed by atoms with E-state index in [4.69, 9.17) is 5.73 Å². The maximum absolute atomic E-state index is 11.7. The lowest BCUT2D eigenvalue weighted by Gasteiger charge is -2.35. The van der Waals surface area contributed by atoms with Gasteiger partial charge >= 0.3 is 5.97 Å². The maximum atomic E-state index is 11.7. The van der Waals surface area contributed by atoms with Crippen LogP contribution in [-0.4, -0.2) is 32.1 Å². The number of nitrogens with two attached hydrogens (primary N) is 1. The molecular formula is C12H22N2O3. The largest absolute Gasteiger partial charge is 0.468 e. The van der Waals surface area contributed by atoms with Gasteiger partial charge in [-0.15, -0.1) is 0 Å². The molecule has 1 aliphatic carbocycles. The molecular weight excluding hydrogens is 220 g/mol. The van der Waals surface area contributed by atoms with E-state index < -0.39 is 5.97 Å². The zero-order valence-electron chi connectivity index (χ0n) is 10.5. The normalized spacial score (nSPS) is 18.5. The van der Waals surface area contributed by atoms with Crippen LogP contribution in [0.25, 0.3) is 0 Å². The molecule has 1 aliphatic rings. The van der Waals surface area contributed by atoms with Crippen LogP contribution in [0.1, 0.15) is 38.5 Å². The van der Waals surface area contributed by atoms with Crippen molar-refractivity contribution in [1.82, 2.24) is 5.32 Å². The van der Waals surface area contributed by atoms with Crippen molar-refractivity contribution in [1.29, 1.82) is 0 Å². The van der Waals surface area contributed by atoms with Crippen molar-refractivity contribution in [2.45, 2.75) is 38.5 Å². The first-order valence-electron chi connectivity index (χ1n) is 6.15. The fourth-order valence-electron chi connectivity index (χ4n) is 2.40. The molecule has 1 rings (SSSR count). The Morgan fingerprint density at radius 1 is 1.29 bits per heavy atom. The Labute approximate surface area is 102 Å². The van der Waals surface area contributed by atoms with E-state index in [1.165, 1.54) is 13.5 Å². The summed E-state index contributed by atoms with van der Waals surface area (Å²) in [4.78, 5) is 22.6. The van der Waals surface area contributed by atoms with Gasteiger partial charge in [-0.05, 0) is 24.8 Å². The fraction of sp³-hybridized carbons (Fsp3) is 0.833. The smallest absolute Gasteiger partial charge is 0.325 e. The Balaban J connectivity index is 2.39. The maximum Gasteiger partial charge on any atom is 0.325 e. The predicted molar refractivity (Wildman–Crippen MR) is 64.2 cm³/mol. The van der Waals surface area contributed by atoms with Crippen LogP contribution in [0.15, 0.2) is 0 Å². The number of hydrogen-bond acceptors (Lipinski definition) is 4. The number of ether oxygens (including phenoxy) is 1. The minimum Gasteiger partial charge on any atom is -0.468 e. The third kappa shape index (κ3) is 4.34. The molecule has 1 saturated carbocycles. The van der Waals surface area contributed by atoms with Crippen molar-refractivity contribution in [2.75, 3.05) is 20.2 Å². The predicted octanol–water partition coefficient (Wildman–Crippen LogP) is 0.575. The number of carbonyl (C=O) groups is 2. The number of rotatable bonds is 5. The van der Waals surface area contributed by atoms with Crippen LogP contribution in [0.4, 0.5) is 0 Å². The Bertz CT molecular complexity index is 273. The lowest BCUT2D eigenvalue weighted by atomic mass is 9.71. The molecule has 0 aromatic heterocycles. The number of nitrogens with one attached hydrogen (secondary N) is 1. The first-order valence-corrected chi connectivity index (χ1v) is 6.15. The lowest BCUT2D eigenvalue weighted by Crippen LogP contribution is -2.40.